The van der Waals surface area contributed by atoms with Crippen LogP contribution in [0.3, 0.4) is 0 Å². The number of urea groups is 1. The Bertz CT molecular complexity index is 1300. The van der Waals surface area contributed by atoms with E-state index < -0.39 is 18.0 Å². The number of carbonyl (C=O) groups is 3. The number of phenolic OH excluding ortho intramolecular Hbond substituents is 1. The molecule has 1 fully saturated rings. The first-order chi connectivity index (χ1) is 19.3. The van der Waals surface area contributed by atoms with E-state index in [0.29, 0.717) is 24.3 Å². The molecule has 0 bridgehead atoms. The zero-order valence-electron chi connectivity index (χ0n) is 22.2. The topological polar surface area (TPSA) is 120 Å². The highest BCUT2D eigenvalue weighted by atomic mass is 19.1. The first kappa shape index (κ1) is 28.6. The van der Waals surface area contributed by atoms with Gasteiger partial charge in [-0.3, -0.25) is 9.69 Å². The Hall–Kier alpha value is -4.44. The number of hydrogen-bond donors (Lipinski definition) is 4. The fourth-order valence-electron chi connectivity index (χ4n) is 4.55. The van der Waals surface area contributed by atoms with Crippen molar-refractivity contribution in [3.63, 3.8) is 0 Å². The van der Waals surface area contributed by atoms with Gasteiger partial charge in [0.2, 0.25) is 5.91 Å². The van der Waals surface area contributed by atoms with Crippen LogP contribution in [0.5, 0.6) is 5.75 Å². The number of anilines is 1. The van der Waals surface area contributed by atoms with E-state index in [4.69, 9.17) is 4.74 Å². The molecule has 0 saturated carbocycles. The summed E-state index contributed by atoms with van der Waals surface area (Å²) in [7, 11) is 0. The number of esters is 1. The Labute approximate surface area is 232 Å². The predicted molar refractivity (Wildman–Crippen MR) is 148 cm³/mol. The van der Waals surface area contributed by atoms with Gasteiger partial charge in [-0.15, -0.1) is 0 Å². The summed E-state index contributed by atoms with van der Waals surface area (Å²) < 4.78 is 18.2. The van der Waals surface area contributed by atoms with Gasteiger partial charge in [-0.05, 0) is 73.0 Å². The van der Waals surface area contributed by atoms with Crippen molar-refractivity contribution < 1.29 is 28.6 Å². The molecule has 4 rings (SSSR count). The van der Waals surface area contributed by atoms with Crippen LogP contribution in [-0.4, -0.2) is 59.7 Å². The second-order valence-corrected chi connectivity index (χ2v) is 9.68. The number of rotatable bonds is 10. The SMILES string of the molecule is CCOC(=O)c1ccc(NC(=O)N[C@@H](Cc2ccc(O)cc2)C(=O)N[C@H]2CCN(Cc3ccc(F)cc3)C2)cc1. The Morgan fingerprint density at radius 2 is 1.68 bits per heavy atom. The summed E-state index contributed by atoms with van der Waals surface area (Å²) in [5.74, 6) is -0.948. The lowest BCUT2D eigenvalue weighted by atomic mass is 10.0. The average molecular weight is 549 g/mol. The molecule has 3 aromatic carbocycles. The summed E-state index contributed by atoms with van der Waals surface area (Å²) in [5.41, 5.74) is 2.57. The molecule has 0 unspecified atom stereocenters. The van der Waals surface area contributed by atoms with Crippen LogP contribution in [0.1, 0.15) is 34.8 Å². The molecule has 0 spiro atoms. The Balaban J connectivity index is 1.37. The maximum Gasteiger partial charge on any atom is 0.338 e. The van der Waals surface area contributed by atoms with Crippen molar-refractivity contribution in [2.75, 3.05) is 25.0 Å². The number of amides is 3. The molecule has 1 heterocycles. The Kier molecular flexibility index (Phi) is 9.69. The van der Waals surface area contributed by atoms with E-state index in [9.17, 15) is 23.9 Å². The largest absolute Gasteiger partial charge is 0.508 e. The number of nitrogens with one attached hydrogen (secondary N) is 3. The minimum atomic E-state index is -0.880. The van der Waals surface area contributed by atoms with Gasteiger partial charge >= 0.3 is 12.0 Å². The van der Waals surface area contributed by atoms with E-state index in [1.165, 1.54) is 24.3 Å². The quantitative estimate of drug-likeness (QED) is 0.286. The third-order valence-corrected chi connectivity index (χ3v) is 6.59. The zero-order chi connectivity index (χ0) is 28.5. The van der Waals surface area contributed by atoms with Crippen molar-refractivity contribution in [3.8, 4) is 5.75 Å². The summed E-state index contributed by atoms with van der Waals surface area (Å²) in [6.07, 6.45) is 0.964. The molecule has 3 aromatic rings. The molecule has 9 nitrogen and oxygen atoms in total. The first-order valence-corrected chi connectivity index (χ1v) is 13.2. The lowest BCUT2D eigenvalue weighted by molar-refractivity contribution is -0.123. The summed E-state index contributed by atoms with van der Waals surface area (Å²) in [4.78, 5) is 40.2. The molecule has 1 saturated heterocycles. The highest BCUT2D eigenvalue weighted by Gasteiger charge is 2.28. The maximum absolute atomic E-state index is 13.3. The van der Waals surface area contributed by atoms with E-state index in [1.54, 1.807) is 55.5 Å². The number of likely N-dealkylation sites (tertiary alicyclic amines) is 1. The number of carbonyl (C=O) groups excluding carboxylic acids is 3. The molecule has 40 heavy (non-hydrogen) atoms. The standard InChI is InChI=1S/C30H33FN4O5/c1-2-40-29(38)22-7-11-24(12-8-22)33-30(39)34-27(17-20-5-13-26(36)14-6-20)28(37)32-25-15-16-35(19-25)18-21-3-9-23(31)10-4-21/h3-14,25,27,36H,2,15-19H2,1H3,(H,32,37)(H2,33,34,39)/t25-,27-/m0/s1. The second kappa shape index (κ2) is 13.6. The van der Waals surface area contributed by atoms with Crippen molar-refractivity contribution in [1.82, 2.24) is 15.5 Å². The van der Waals surface area contributed by atoms with Crippen LogP contribution in [0, 0.1) is 5.82 Å². The predicted octanol–water partition coefficient (Wildman–Crippen LogP) is 3.83. The summed E-state index contributed by atoms with van der Waals surface area (Å²) in [6, 6.07) is 17.5. The molecule has 4 N–H and O–H groups in total. The lowest BCUT2D eigenvalue weighted by Gasteiger charge is -2.22. The van der Waals surface area contributed by atoms with Crippen molar-refractivity contribution in [2.24, 2.45) is 0 Å². The van der Waals surface area contributed by atoms with Gasteiger partial charge in [0.1, 0.15) is 17.6 Å². The molecule has 0 aromatic heterocycles. The van der Waals surface area contributed by atoms with E-state index in [0.717, 1.165) is 24.1 Å². The van der Waals surface area contributed by atoms with E-state index >= 15 is 0 Å². The van der Waals surface area contributed by atoms with Gasteiger partial charge in [0.15, 0.2) is 0 Å². The minimum absolute atomic E-state index is 0.101. The van der Waals surface area contributed by atoms with Crippen LogP contribution in [0.15, 0.2) is 72.8 Å². The molecule has 1 aliphatic heterocycles. The number of halogens is 1. The van der Waals surface area contributed by atoms with Gasteiger partial charge in [0.05, 0.1) is 12.2 Å². The van der Waals surface area contributed by atoms with Gasteiger partial charge in [0.25, 0.3) is 0 Å². The fourth-order valence-corrected chi connectivity index (χ4v) is 4.55. The molecule has 2 atom stereocenters. The molecule has 10 heteroatoms. The monoisotopic (exact) mass is 548 g/mol. The number of phenols is 1. The van der Waals surface area contributed by atoms with Crippen LogP contribution >= 0.6 is 0 Å². The first-order valence-electron chi connectivity index (χ1n) is 13.2. The smallest absolute Gasteiger partial charge is 0.338 e. The van der Waals surface area contributed by atoms with Crippen LogP contribution in [0.2, 0.25) is 0 Å². The van der Waals surface area contributed by atoms with Crippen molar-refractivity contribution in [1.29, 1.82) is 0 Å². The molecule has 210 valence electrons. The molecule has 3 amide bonds. The summed E-state index contributed by atoms with van der Waals surface area (Å²) >= 11 is 0. The fraction of sp³-hybridized carbons (Fsp3) is 0.300. The van der Waals surface area contributed by atoms with Crippen molar-refractivity contribution in [2.45, 2.75) is 38.4 Å². The molecular weight excluding hydrogens is 515 g/mol. The Morgan fingerprint density at radius 3 is 2.35 bits per heavy atom. The number of ether oxygens (including phenoxy) is 1. The highest BCUT2D eigenvalue weighted by Crippen LogP contribution is 2.16. The molecular formula is C30H33FN4O5. The van der Waals surface area contributed by atoms with E-state index in [-0.39, 0.29) is 36.5 Å². The van der Waals surface area contributed by atoms with Crippen LogP contribution in [-0.2, 0) is 22.5 Å². The normalized spacial score (nSPS) is 15.7. The van der Waals surface area contributed by atoms with Crippen LogP contribution in [0.25, 0.3) is 0 Å². The van der Waals surface area contributed by atoms with Gasteiger partial charge < -0.3 is 25.8 Å². The number of benzene rings is 3. The summed E-state index contributed by atoms with van der Waals surface area (Å²) in [6.45, 7) is 4.05. The molecule has 0 radical (unpaired) electrons. The van der Waals surface area contributed by atoms with Crippen LogP contribution < -0.4 is 16.0 Å². The van der Waals surface area contributed by atoms with E-state index in [2.05, 4.69) is 20.9 Å². The second-order valence-electron chi connectivity index (χ2n) is 9.68. The van der Waals surface area contributed by atoms with Crippen molar-refractivity contribution in [3.05, 3.63) is 95.3 Å². The molecule has 0 aliphatic carbocycles. The van der Waals surface area contributed by atoms with Crippen LogP contribution in [0.4, 0.5) is 14.9 Å². The maximum atomic E-state index is 13.3. The lowest BCUT2D eigenvalue weighted by Crippen LogP contribution is -2.52. The minimum Gasteiger partial charge on any atom is -0.508 e. The Morgan fingerprint density at radius 1 is 1.00 bits per heavy atom. The number of hydrogen-bond acceptors (Lipinski definition) is 6. The van der Waals surface area contributed by atoms with Gasteiger partial charge in [0, 0.05) is 37.8 Å². The number of aromatic hydroxyl groups is 1. The van der Waals surface area contributed by atoms with Crippen molar-refractivity contribution >= 4 is 23.6 Å². The molecule has 1 aliphatic rings. The summed E-state index contributed by atoms with van der Waals surface area (Å²) in [5, 5.41) is 18.1. The average Bonchev–Trinajstić information content (AvgIpc) is 3.37. The van der Waals surface area contributed by atoms with E-state index in [1.807, 2.05) is 0 Å². The van der Waals surface area contributed by atoms with Gasteiger partial charge in [-0.25, -0.2) is 14.0 Å². The highest BCUT2D eigenvalue weighted by molar-refractivity contribution is 5.95. The van der Waals surface area contributed by atoms with Gasteiger partial charge in [-0.1, -0.05) is 24.3 Å². The zero-order valence-corrected chi connectivity index (χ0v) is 22.2. The third kappa shape index (κ3) is 8.28. The van der Waals surface area contributed by atoms with Gasteiger partial charge in [-0.2, -0.15) is 0 Å². The number of nitrogens with zero attached hydrogens (tertiary/aromatic N) is 1. The third-order valence-electron chi connectivity index (χ3n) is 6.59.